The minimum Gasteiger partial charge on any atom is -0.467 e. The van der Waals surface area contributed by atoms with E-state index in [2.05, 4.69) is 10.2 Å². The molecule has 1 aromatic heterocycles. The SMILES string of the molecule is COc1nnc(C=O)n1C(C)(C)C. The van der Waals surface area contributed by atoms with Gasteiger partial charge in [0.1, 0.15) is 0 Å². The summed E-state index contributed by atoms with van der Waals surface area (Å²) in [6.45, 7) is 5.85. The van der Waals surface area contributed by atoms with Crippen molar-refractivity contribution in [3.05, 3.63) is 5.82 Å². The largest absolute Gasteiger partial charge is 0.467 e. The molecular formula is C8H13N3O2. The van der Waals surface area contributed by atoms with Crippen molar-refractivity contribution in [1.29, 1.82) is 0 Å². The Hall–Kier alpha value is -1.39. The Morgan fingerprint density at radius 1 is 1.38 bits per heavy atom. The van der Waals surface area contributed by atoms with E-state index in [9.17, 15) is 4.79 Å². The number of nitrogens with zero attached hydrogens (tertiary/aromatic N) is 3. The summed E-state index contributed by atoms with van der Waals surface area (Å²) in [6, 6.07) is 0.356. The molecule has 0 atom stereocenters. The highest BCUT2D eigenvalue weighted by atomic mass is 16.5. The molecule has 72 valence electrons. The fraction of sp³-hybridized carbons (Fsp3) is 0.625. The molecular weight excluding hydrogens is 170 g/mol. The lowest BCUT2D eigenvalue weighted by Crippen LogP contribution is -2.24. The van der Waals surface area contributed by atoms with Crippen LogP contribution in [0.3, 0.4) is 0 Å². The average Bonchev–Trinajstić information content (AvgIpc) is 2.45. The van der Waals surface area contributed by atoms with Gasteiger partial charge >= 0.3 is 6.01 Å². The number of rotatable bonds is 2. The van der Waals surface area contributed by atoms with Gasteiger partial charge in [-0.3, -0.25) is 9.36 Å². The van der Waals surface area contributed by atoms with Crippen LogP contribution in [0.1, 0.15) is 31.4 Å². The fourth-order valence-electron chi connectivity index (χ4n) is 1.12. The van der Waals surface area contributed by atoms with Crippen molar-refractivity contribution in [2.45, 2.75) is 26.3 Å². The van der Waals surface area contributed by atoms with E-state index in [1.807, 2.05) is 20.8 Å². The molecule has 1 heterocycles. The molecule has 13 heavy (non-hydrogen) atoms. The van der Waals surface area contributed by atoms with Crippen LogP contribution < -0.4 is 4.74 Å². The van der Waals surface area contributed by atoms with Gasteiger partial charge in [0.25, 0.3) is 0 Å². The Kier molecular flexibility index (Phi) is 2.36. The number of ether oxygens (including phenoxy) is 1. The molecule has 0 spiro atoms. The summed E-state index contributed by atoms with van der Waals surface area (Å²) in [4.78, 5) is 10.6. The Morgan fingerprint density at radius 2 is 2.00 bits per heavy atom. The zero-order valence-electron chi connectivity index (χ0n) is 8.24. The van der Waals surface area contributed by atoms with E-state index in [0.29, 0.717) is 12.3 Å². The van der Waals surface area contributed by atoms with Gasteiger partial charge in [-0.2, -0.15) is 0 Å². The second-order valence-electron chi connectivity index (χ2n) is 3.67. The molecule has 1 aromatic rings. The highest BCUT2D eigenvalue weighted by Gasteiger charge is 2.22. The second kappa shape index (κ2) is 3.16. The molecule has 1 rings (SSSR count). The molecule has 0 aromatic carbocycles. The molecule has 0 aliphatic carbocycles. The van der Waals surface area contributed by atoms with Gasteiger partial charge in [-0.25, -0.2) is 0 Å². The Bertz CT molecular complexity index is 312. The summed E-state index contributed by atoms with van der Waals surface area (Å²) in [5.41, 5.74) is -0.259. The molecule has 5 heteroatoms. The lowest BCUT2D eigenvalue weighted by atomic mass is 10.1. The standard InChI is InChI=1S/C8H13N3O2/c1-8(2,3)11-6(5-12)9-10-7(11)13-4/h5H,1-4H3. The third kappa shape index (κ3) is 1.68. The topological polar surface area (TPSA) is 57.0 Å². The first-order valence-corrected chi connectivity index (χ1v) is 3.95. The number of carbonyl (C=O) groups excluding carboxylic acids is 1. The second-order valence-corrected chi connectivity index (χ2v) is 3.67. The van der Waals surface area contributed by atoms with Crippen molar-refractivity contribution in [3.63, 3.8) is 0 Å². The minimum atomic E-state index is -0.259. The van der Waals surface area contributed by atoms with Gasteiger partial charge in [0.2, 0.25) is 0 Å². The predicted molar refractivity (Wildman–Crippen MR) is 47.0 cm³/mol. The van der Waals surface area contributed by atoms with Gasteiger partial charge < -0.3 is 4.74 Å². The number of hydrogen-bond donors (Lipinski definition) is 0. The smallest absolute Gasteiger partial charge is 0.317 e. The third-order valence-corrected chi connectivity index (χ3v) is 1.62. The van der Waals surface area contributed by atoms with E-state index in [-0.39, 0.29) is 11.4 Å². The first kappa shape index (κ1) is 9.70. The van der Waals surface area contributed by atoms with E-state index in [0.717, 1.165) is 0 Å². The average molecular weight is 183 g/mol. The maximum absolute atomic E-state index is 10.6. The summed E-state index contributed by atoms with van der Waals surface area (Å²) in [6.07, 6.45) is 0.667. The predicted octanol–water partition coefficient (Wildman–Crippen LogP) is 0.854. The molecule has 0 N–H and O–H groups in total. The Labute approximate surface area is 76.7 Å². The van der Waals surface area contributed by atoms with Crippen molar-refractivity contribution in [2.24, 2.45) is 0 Å². The Balaban J connectivity index is 3.28. The van der Waals surface area contributed by atoms with Crippen LogP contribution in [0.4, 0.5) is 0 Å². The van der Waals surface area contributed by atoms with Crippen molar-refractivity contribution in [2.75, 3.05) is 7.11 Å². The van der Waals surface area contributed by atoms with Crippen molar-refractivity contribution in [3.8, 4) is 6.01 Å². The third-order valence-electron chi connectivity index (χ3n) is 1.62. The quantitative estimate of drug-likeness (QED) is 0.638. The van der Waals surface area contributed by atoms with Gasteiger partial charge in [-0.05, 0) is 20.8 Å². The Morgan fingerprint density at radius 3 is 2.38 bits per heavy atom. The normalized spacial score (nSPS) is 11.4. The van der Waals surface area contributed by atoms with Crippen LogP contribution >= 0.6 is 0 Å². The monoisotopic (exact) mass is 183 g/mol. The highest BCUT2D eigenvalue weighted by molar-refractivity contribution is 5.69. The summed E-state index contributed by atoms with van der Waals surface area (Å²) in [5.74, 6) is 0.282. The van der Waals surface area contributed by atoms with Crippen molar-refractivity contribution in [1.82, 2.24) is 14.8 Å². The summed E-state index contributed by atoms with van der Waals surface area (Å²) in [5, 5.41) is 7.42. The zero-order valence-corrected chi connectivity index (χ0v) is 8.24. The van der Waals surface area contributed by atoms with Crippen LogP contribution in [0.2, 0.25) is 0 Å². The first-order valence-electron chi connectivity index (χ1n) is 3.95. The molecule has 5 nitrogen and oxygen atoms in total. The van der Waals surface area contributed by atoms with Crippen LogP contribution in [-0.2, 0) is 5.54 Å². The molecule has 0 fully saturated rings. The highest BCUT2D eigenvalue weighted by Crippen LogP contribution is 2.21. The van der Waals surface area contributed by atoms with Gasteiger partial charge in [0.05, 0.1) is 7.11 Å². The number of aldehydes is 1. The maximum Gasteiger partial charge on any atom is 0.317 e. The maximum atomic E-state index is 10.6. The van der Waals surface area contributed by atoms with E-state index in [1.54, 1.807) is 4.57 Å². The van der Waals surface area contributed by atoms with Crippen LogP contribution in [-0.4, -0.2) is 28.2 Å². The minimum absolute atomic E-state index is 0.259. The van der Waals surface area contributed by atoms with Crippen LogP contribution in [0.25, 0.3) is 0 Å². The van der Waals surface area contributed by atoms with Crippen molar-refractivity contribution >= 4 is 6.29 Å². The first-order chi connectivity index (χ1) is 6.00. The van der Waals surface area contributed by atoms with E-state index < -0.39 is 0 Å². The fourth-order valence-corrected chi connectivity index (χ4v) is 1.12. The number of aromatic nitrogens is 3. The van der Waals surface area contributed by atoms with Gasteiger partial charge in [0, 0.05) is 5.54 Å². The summed E-state index contributed by atoms with van der Waals surface area (Å²) >= 11 is 0. The van der Waals surface area contributed by atoms with E-state index in [4.69, 9.17) is 4.74 Å². The molecule has 0 saturated carbocycles. The van der Waals surface area contributed by atoms with Crippen LogP contribution in [0.15, 0.2) is 0 Å². The lowest BCUT2D eigenvalue weighted by molar-refractivity contribution is 0.110. The zero-order chi connectivity index (χ0) is 10.1. The number of carbonyl (C=O) groups is 1. The van der Waals surface area contributed by atoms with Gasteiger partial charge in [-0.15, -0.1) is 5.10 Å². The molecule has 0 aliphatic rings. The molecule has 0 radical (unpaired) electrons. The van der Waals surface area contributed by atoms with E-state index in [1.165, 1.54) is 7.11 Å². The van der Waals surface area contributed by atoms with Crippen LogP contribution in [0.5, 0.6) is 6.01 Å². The molecule has 0 amide bonds. The molecule has 0 unspecified atom stereocenters. The molecule has 0 saturated heterocycles. The van der Waals surface area contributed by atoms with Crippen molar-refractivity contribution < 1.29 is 9.53 Å². The number of hydrogen-bond acceptors (Lipinski definition) is 4. The van der Waals surface area contributed by atoms with Gasteiger partial charge in [-0.1, -0.05) is 5.10 Å². The lowest BCUT2D eigenvalue weighted by Gasteiger charge is -2.22. The van der Waals surface area contributed by atoms with E-state index >= 15 is 0 Å². The molecule has 0 bridgehead atoms. The molecule has 0 aliphatic heterocycles. The van der Waals surface area contributed by atoms with Gasteiger partial charge in [0.15, 0.2) is 12.1 Å². The summed E-state index contributed by atoms with van der Waals surface area (Å²) < 4.78 is 6.64. The van der Waals surface area contributed by atoms with Crippen LogP contribution in [0, 0.1) is 0 Å². The number of methoxy groups -OCH3 is 1. The summed E-state index contributed by atoms with van der Waals surface area (Å²) in [7, 11) is 1.50.